The zero-order valence-corrected chi connectivity index (χ0v) is 18.9. The van der Waals surface area contributed by atoms with Gasteiger partial charge in [0.1, 0.15) is 11.8 Å². The Morgan fingerprint density at radius 2 is 1.44 bits per heavy atom. The van der Waals surface area contributed by atoms with Gasteiger partial charge in [-0.2, -0.15) is 0 Å². The molecule has 1 atom stereocenters. The zero-order valence-electron chi connectivity index (χ0n) is 18.9. The van der Waals surface area contributed by atoms with Crippen molar-refractivity contribution in [1.82, 2.24) is 4.90 Å². The van der Waals surface area contributed by atoms with E-state index in [9.17, 15) is 9.59 Å². The number of nitrogens with two attached hydrogens (primary N) is 1. The number of carbonyl (C=O) groups is 2. The van der Waals surface area contributed by atoms with E-state index in [0.717, 1.165) is 16.7 Å². The molecule has 0 aliphatic rings. The van der Waals surface area contributed by atoms with Crippen LogP contribution in [-0.2, 0) is 11.3 Å². The van der Waals surface area contributed by atoms with Crippen molar-refractivity contribution < 1.29 is 14.3 Å². The SMILES string of the molecule is COc1cccc(CN(C(=O)c2cccc(-c3ccccc3)c2)[C@@H](C(N)=O)c2ccccc2)c1. The molecule has 2 N–H and O–H groups in total. The second-order valence-corrected chi connectivity index (χ2v) is 7.95. The highest BCUT2D eigenvalue weighted by Gasteiger charge is 2.31. The van der Waals surface area contributed by atoms with Gasteiger partial charge in [-0.25, -0.2) is 0 Å². The van der Waals surface area contributed by atoms with Crippen LogP contribution in [0.25, 0.3) is 11.1 Å². The molecule has 170 valence electrons. The number of rotatable bonds is 8. The molecule has 0 radical (unpaired) electrons. The molecule has 34 heavy (non-hydrogen) atoms. The summed E-state index contributed by atoms with van der Waals surface area (Å²) in [4.78, 5) is 28.1. The first-order valence-corrected chi connectivity index (χ1v) is 11.0. The fourth-order valence-corrected chi connectivity index (χ4v) is 4.01. The largest absolute Gasteiger partial charge is 0.497 e. The Bertz CT molecular complexity index is 1270. The average Bonchev–Trinajstić information content (AvgIpc) is 2.89. The molecular weight excluding hydrogens is 424 g/mol. The number of carbonyl (C=O) groups excluding carboxylic acids is 2. The minimum absolute atomic E-state index is 0.189. The van der Waals surface area contributed by atoms with E-state index in [1.807, 2.05) is 103 Å². The summed E-state index contributed by atoms with van der Waals surface area (Å²) in [5.41, 5.74) is 9.75. The van der Waals surface area contributed by atoms with E-state index in [-0.39, 0.29) is 12.5 Å². The van der Waals surface area contributed by atoms with Crippen molar-refractivity contribution in [3.63, 3.8) is 0 Å². The number of nitrogens with zero attached hydrogens (tertiary/aromatic N) is 1. The molecule has 4 rings (SSSR count). The molecule has 0 spiro atoms. The minimum Gasteiger partial charge on any atom is -0.497 e. The number of amides is 2. The van der Waals surface area contributed by atoms with Gasteiger partial charge in [-0.1, -0.05) is 84.9 Å². The normalized spacial score (nSPS) is 11.4. The second-order valence-electron chi connectivity index (χ2n) is 7.95. The summed E-state index contributed by atoms with van der Waals surface area (Å²) in [7, 11) is 1.59. The summed E-state index contributed by atoms with van der Waals surface area (Å²) >= 11 is 0. The van der Waals surface area contributed by atoms with Crippen molar-refractivity contribution in [2.45, 2.75) is 12.6 Å². The highest BCUT2D eigenvalue weighted by atomic mass is 16.5. The van der Waals surface area contributed by atoms with Crippen LogP contribution in [0.3, 0.4) is 0 Å². The molecule has 0 aliphatic heterocycles. The number of hydrogen-bond acceptors (Lipinski definition) is 3. The molecule has 0 bridgehead atoms. The molecule has 0 unspecified atom stereocenters. The van der Waals surface area contributed by atoms with Gasteiger partial charge in [-0.05, 0) is 46.5 Å². The second kappa shape index (κ2) is 10.5. The first kappa shape index (κ1) is 22.8. The third-order valence-corrected chi connectivity index (χ3v) is 5.66. The van der Waals surface area contributed by atoms with Gasteiger partial charge < -0.3 is 15.4 Å². The van der Waals surface area contributed by atoms with E-state index >= 15 is 0 Å². The molecule has 0 saturated carbocycles. The van der Waals surface area contributed by atoms with Crippen LogP contribution in [0.2, 0.25) is 0 Å². The average molecular weight is 451 g/mol. The Balaban J connectivity index is 1.77. The Kier molecular flexibility index (Phi) is 7.04. The summed E-state index contributed by atoms with van der Waals surface area (Å²) in [6, 6.07) is 32.9. The van der Waals surface area contributed by atoms with Gasteiger partial charge in [0.2, 0.25) is 5.91 Å². The molecular formula is C29H26N2O3. The summed E-state index contributed by atoms with van der Waals surface area (Å²) < 4.78 is 5.34. The Morgan fingerprint density at radius 3 is 2.12 bits per heavy atom. The lowest BCUT2D eigenvalue weighted by Crippen LogP contribution is -2.41. The highest BCUT2D eigenvalue weighted by molar-refractivity contribution is 5.98. The Hall–Kier alpha value is -4.38. The molecule has 0 heterocycles. The summed E-state index contributed by atoms with van der Waals surface area (Å²) in [6.07, 6.45) is 0. The van der Waals surface area contributed by atoms with Gasteiger partial charge in [-0.15, -0.1) is 0 Å². The maximum absolute atomic E-state index is 13.9. The van der Waals surface area contributed by atoms with E-state index in [1.165, 1.54) is 4.90 Å². The van der Waals surface area contributed by atoms with Crippen LogP contribution in [0.15, 0.2) is 109 Å². The lowest BCUT2D eigenvalue weighted by Gasteiger charge is -2.30. The first-order valence-electron chi connectivity index (χ1n) is 11.0. The topological polar surface area (TPSA) is 72.6 Å². The monoisotopic (exact) mass is 450 g/mol. The smallest absolute Gasteiger partial charge is 0.255 e. The van der Waals surface area contributed by atoms with Gasteiger partial charge >= 0.3 is 0 Å². The van der Waals surface area contributed by atoms with Gasteiger partial charge in [0, 0.05) is 12.1 Å². The van der Waals surface area contributed by atoms with Gasteiger partial charge in [0.15, 0.2) is 0 Å². The highest BCUT2D eigenvalue weighted by Crippen LogP contribution is 2.28. The van der Waals surface area contributed by atoms with E-state index in [1.54, 1.807) is 13.2 Å². The van der Waals surface area contributed by atoms with Crippen molar-refractivity contribution in [3.8, 4) is 16.9 Å². The van der Waals surface area contributed by atoms with Gasteiger partial charge in [0.25, 0.3) is 5.91 Å². The maximum atomic E-state index is 13.9. The lowest BCUT2D eigenvalue weighted by atomic mass is 9.99. The first-order chi connectivity index (χ1) is 16.6. The molecule has 4 aromatic rings. The third-order valence-electron chi connectivity index (χ3n) is 5.66. The third kappa shape index (κ3) is 5.15. The Morgan fingerprint density at radius 1 is 0.794 bits per heavy atom. The number of methoxy groups -OCH3 is 1. The van der Waals surface area contributed by atoms with Crippen LogP contribution in [0.5, 0.6) is 5.75 Å². The fourth-order valence-electron chi connectivity index (χ4n) is 4.01. The summed E-state index contributed by atoms with van der Waals surface area (Å²) in [5, 5.41) is 0. The van der Waals surface area contributed by atoms with E-state index < -0.39 is 11.9 Å². The predicted molar refractivity (Wildman–Crippen MR) is 133 cm³/mol. The summed E-state index contributed by atoms with van der Waals surface area (Å²) in [6.45, 7) is 0.189. The number of primary amides is 1. The van der Waals surface area contributed by atoms with Gasteiger partial charge in [-0.3, -0.25) is 9.59 Å². The van der Waals surface area contributed by atoms with Crippen molar-refractivity contribution >= 4 is 11.8 Å². The number of hydrogen-bond donors (Lipinski definition) is 1. The number of benzene rings is 4. The van der Waals surface area contributed by atoms with Crippen molar-refractivity contribution in [1.29, 1.82) is 0 Å². The van der Waals surface area contributed by atoms with Crippen molar-refractivity contribution in [2.75, 3.05) is 7.11 Å². The van der Waals surface area contributed by atoms with E-state index in [0.29, 0.717) is 16.9 Å². The quantitative estimate of drug-likeness (QED) is 0.399. The summed E-state index contributed by atoms with van der Waals surface area (Å²) in [5.74, 6) is -0.207. The van der Waals surface area contributed by atoms with Crippen molar-refractivity contribution in [2.24, 2.45) is 5.73 Å². The maximum Gasteiger partial charge on any atom is 0.255 e. The predicted octanol–water partition coefficient (Wildman–Crippen LogP) is 5.23. The van der Waals surface area contributed by atoms with Crippen molar-refractivity contribution in [3.05, 3.63) is 126 Å². The molecule has 0 aromatic heterocycles. The van der Waals surface area contributed by atoms with Crippen LogP contribution in [0, 0.1) is 0 Å². The lowest BCUT2D eigenvalue weighted by molar-refractivity contribution is -0.122. The standard InChI is InChI=1S/C29H26N2O3/c1-34-26-17-8-10-21(18-26)20-31(27(28(30)32)23-13-6-3-7-14-23)29(33)25-16-9-15-24(19-25)22-11-4-2-5-12-22/h2-19,27H,20H2,1H3,(H2,30,32)/t27-/m1/s1. The number of ether oxygens (including phenoxy) is 1. The van der Waals surface area contributed by atoms with Crippen LogP contribution in [0.1, 0.15) is 27.5 Å². The van der Waals surface area contributed by atoms with Crippen LogP contribution in [0.4, 0.5) is 0 Å². The molecule has 2 amide bonds. The van der Waals surface area contributed by atoms with E-state index in [4.69, 9.17) is 10.5 Å². The molecule has 5 nitrogen and oxygen atoms in total. The molecule has 4 aromatic carbocycles. The van der Waals surface area contributed by atoms with E-state index in [2.05, 4.69) is 0 Å². The minimum atomic E-state index is -0.930. The van der Waals surface area contributed by atoms with Gasteiger partial charge in [0.05, 0.1) is 7.11 Å². The van der Waals surface area contributed by atoms with Crippen LogP contribution >= 0.6 is 0 Å². The van der Waals surface area contributed by atoms with Crippen LogP contribution < -0.4 is 10.5 Å². The fraction of sp³-hybridized carbons (Fsp3) is 0.103. The molecule has 0 aliphatic carbocycles. The van der Waals surface area contributed by atoms with Crippen LogP contribution in [-0.4, -0.2) is 23.8 Å². The molecule has 5 heteroatoms. The Labute approximate surface area is 199 Å². The zero-order chi connectivity index (χ0) is 23.9. The molecule has 0 fully saturated rings. The molecule has 0 saturated heterocycles.